The van der Waals surface area contributed by atoms with Gasteiger partial charge in [-0.25, -0.2) is 0 Å². The molecule has 1 aliphatic rings. The first-order chi connectivity index (χ1) is 8.28. The van der Waals surface area contributed by atoms with E-state index in [1.165, 1.54) is 29.0 Å². The number of allylic oxidation sites excluding steroid dienone is 2. The van der Waals surface area contributed by atoms with Gasteiger partial charge in [0.05, 0.1) is 5.69 Å². The van der Waals surface area contributed by atoms with Crippen LogP contribution in [0.3, 0.4) is 0 Å². The molecule has 1 aliphatic carbocycles. The zero-order chi connectivity index (χ0) is 12.1. The Morgan fingerprint density at radius 1 is 1.18 bits per heavy atom. The lowest BCUT2D eigenvalue weighted by molar-refractivity contribution is 0.869. The number of nitrogens with zero attached hydrogens (tertiary/aromatic N) is 1. The zero-order valence-electron chi connectivity index (χ0n) is 10.6. The average Bonchev–Trinajstić information content (AvgIpc) is 2.33. The molecule has 2 rings (SSSR count). The molecule has 0 unspecified atom stereocenters. The van der Waals surface area contributed by atoms with Gasteiger partial charge in [-0.3, -0.25) is 4.99 Å². The lowest BCUT2D eigenvalue weighted by atomic mass is 10.1. The van der Waals surface area contributed by atoms with Gasteiger partial charge in [-0.05, 0) is 55.1 Å². The predicted molar refractivity (Wildman–Crippen MR) is 78.3 cm³/mol. The van der Waals surface area contributed by atoms with E-state index in [1.807, 2.05) is 11.8 Å². The third-order valence-corrected chi connectivity index (χ3v) is 3.80. The van der Waals surface area contributed by atoms with Gasteiger partial charge in [0.2, 0.25) is 0 Å². The minimum atomic E-state index is 1.07. The first-order valence-corrected chi connectivity index (χ1v) is 7.24. The lowest BCUT2D eigenvalue weighted by Crippen LogP contribution is -2.01. The summed E-state index contributed by atoms with van der Waals surface area (Å²) in [5, 5.41) is 0. The third kappa shape index (κ3) is 3.74. The van der Waals surface area contributed by atoms with Crippen molar-refractivity contribution in [3.63, 3.8) is 0 Å². The Bertz CT molecular complexity index is 429. The molecule has 0 radical (unpaired) electrons. The highest BCUT2D eigenvalue weighted by molar-refractivity contribution is 8.03. The fourth-order valence-corrected chi connectivity index (χ4v) is 2.83. The molecule has 0 aromatic heterocycles. The van der Waals surface area contributed by atoms with Crippen LogP contribution in [-0.4, -0.2) is 11.5 Å². The molecular formula is C15H19NS. The number of rotatable bonds is 3. The van der Waals surface area contributed by atoms with Gasteiger partial charge in [0, 0.05) is 5.71 Å². The van der Waals surface area contributed by atoms with Crippen molar-refractivity contribution in [3.05, 3.63) is 40.8 Å². The number of hydrogen-bond acceptors (Lipinski definition) is 2. The third-order valence-electron chi connectivity index (χ3n) is 2.82. The molecule has 0 fully saturated rings. The molecule has 1 nitrogen and oxygen atoms in total. The number of aryl methyl sites for hydroxylation is 1. The lowest BCUT2D eigenvalue weighted by Gasteiger charge is -2.13. The second kappa shape index (κ2) is 6.06. The van der Waals surface area contributed by atoms with E-state index in [9.17, 15) is 0 Å². The van der Waals surface area contributed by atoms with Crippen molar-refractivity contribution in [2.24, 2.45) is 4.99 Å². The molecule has 0 spiro atoms. The summed E-state index contributed by atoms with van der Waals surface area (Å²) in [7, 11) is 0. The maximum absolute atomic E-state index is 4.72. The number of aliphatic imine (C=N–C) groups is 1. The number of thioether (sulfide) groups is 1. The summed E-state index contributed by atoms with van der Waals surface area (Å²) in [6.45, 7) is 4.31. The van der Waals surface area contributed by atoms with Gasteiger partial charge in [-0.1, -0.05) is 24.6 Å². The summed E-state index contributed by atoms with van der Waals surface area (Å²) < 4.78 is 0. The van der Waals surface area contributed by atoms with Crippen LogP contribution >= 0.6 is 11.8 Å². The second-order valence-electron chi connectivity index (χ2n) is 4.34. The van der Waals surface area contributed by atoms with E-state index in [4.69, 9.17) is 4.99 Å². The van der Waals surface area contributed by atoms with Crippen LogP contribution in [0, 0.1) is 6.92 Å². The monoisotopic (exact) mass is 245 g/mol. The van der Waals surface area contributed by atoms with Crippen LogP contribution in [0.5, 0.6) is 0 Å². The highest BCUT2D eigenvalue weighted by atomic mass is 32.2. The predicted octanol–water partition coefficient (Wildman–Crippen LogP) is 4.89. The average molecular weight is 245 g/mol. The van der Waals surface area contributed by atoms with E-state index in [2.05, 4.69) is 44.2 Å². The van der Waals surface area contributed by atoms with Gasteiger partial charge in [-0.15, -0.1) is 11.8 Å². The van der Waals surface area contributed by atoms with E-state index in [-0.39, 0.29) is 0 Å². The fourth-order valence-electron chi connectivity index (χ4n) is 1.95. The Labute approximate surface area is 108 Å². The van der Waals surface area contributed by atoms with E-state index in [1.54, 1.807) is 0 Å². The summed E-state index contributed by atoms with van der Waals surface area (Å²) in [6.07, 6.45) is 5.86. The van der Waals surface area contributed by atoms with Gasteiger partial charge in [0.25, 0.3) is 0 Å². The summed E-state index contributed by atoms with van der Waals surface area (Å²) in [5.41, 5.74) is 3.59. The molecule has 0 heterocycles. The SMILES string of the molecule is CCSC1=CC(=Nc2ccc(C)cc2)CCC1. The molecule has 90 valence electrons. The van der Waals surface area contributed by atoms with Crippen molar-refractivity contribution >= 4 is 23.2 Å². The normalized spacial score (nSPS) is 18.2. The van der Waals surface area contributed by atoms with E-state index >= 15 is 0 Å². The van der Waals surface area contributed by atoms with Gasteiger partial charge in [0.15, 0.2) is 0 Å². The van der Waals surface area contributed by atoms with Crippen LogP contribution < -0.4 is 0 Å². The first-order valence-electron chi connectivity index (χ1n) is 6.25. The summed E-state index contributed by atoms with van der Waals surface area (Å²) in [6, 6.07) is 8.43. The van der Waals surface area contributed by atoms with E-state index in [0.29, 0.717) is 0 Å². The van der Waals surface area contributed by atoms with Crippen molar-refractivity contribution < 1.29 is 0 Å². The molecule has 0 atom stereocenters. The van der Waals surface area contributed by atoms with Crippen molar-refractivity contribution in [2.75, 3.05) is 5.75 Å². The highest BCUT2D eigenvalue weighted by Gasteiger charge is 2.08. The van der Waals surface area contributed by atoms with Crippen LogP contribution in [0.25, 0.3) is 0 Å². The number of hydrogen-bond donors (Lipinski definition) is 0. The number of benzene rings is 1. The van der Waals surface area contributed by atoms with E-state index < -0.39 is 0 Å². The highest BCUT2D eigenvalue weighted by Crippen LogP contribution is 2.27. The minimum Gasteiger partial charge on any atom is -0.253 e. The molecule has 0 amide bonds. The summed E-state index contributed by atoms with van der Waals surface area (Å²) >= 11 is 1.95. The van der Waals surface area contributed by atoms with Crippen molar-refractivity contribution in [3.8, 4) is 0 Å². The quantitative estimate of drug-likeness (QED) is 0.738. The molecule has 1 aromatic rings. The Hall–Kier alpha value is -1.02. The molecule has 2 heteroatoms. The molecule has 0 bridgehead atoms. The van der Waals surface area contributed by atoms with Crippen molar-refractivity contribution in [2.45, 2.75) is 33.1 Å². The minimum absolute atomic E-state index is 1.07. The Morgan fingerprint density at radius 3 is 2.65 bits per heavy atom. The smallest absolute Gasteiger partial charge is 0.0633 e. The van der Waals surface area contributed by atoms with Crippen LogP contribution in [0.1, 0.15) is 31.7 Å². The second-order valence-corrected chi connectivity index (χ2v) is 5.73. The van der Waals surface area contributed by atoms with E-state index in [0.717, 1.165) is 17.9 Å². The molecule has 17 heavy (non-hydrogen) atoms. The Balaban J connectivity index is 2.15. The van der Waals surface area contributed by atoms with Crippen molar-refractivity contribution in [1.29, 1.82) is 0 Å². The molecular weight excluding hydrogens is 226 g/mol. The first kappa shape index (κ1) is 12.4. The molecule has 0 N–H and O–H groups in total. The summed E-state index contributed by atoms with van der Waals surface area (Å²) in [4.78, 5) is 6.21. The maximum Gasteiger partial charge on any atom is 0.0633 e. The Morgan fingerprint density at radius 2 is 1.94 bits per heavy atom. The molecule has 1 aromatic carbocycles. The van der Waals surface area contributed by atoms with Gasteiger partial charge in [0.1, 0.15) is 0 Å². The maximum atomic E-state index is 4.72. The van der Waals surface area contributed by atoms with Gasteiger partial charge in [-0.2, -0.15) is 0 Å². The molecule has 0 saturated heterocycles. The summed E-state index contributed by atoms with van der Waals surface area (Å²) in [5.74, 6) is 1.16. The van der Waals surface area contributed by atoms with Crippen molar-refractivity contribution in [1.82, 2.24) is 0 Å². The molecule has 0 saturated carbocycles. The van der Waals surface area contributed by atoms with Crippen LogP contribution in [0.4, 0.5) is 5.69 Å². The molecule has 0 aliphatic heterocycles. The van der Waals surface area contributed by atoms with Crippen LogP contribution in [0.2, 0.25) is 0 Å². The van der Waals surface area contributed by atoms with Gasteiger partial charge >= 0.3 is 0 Å². The zero-order valence-corrected chi connectivity index (χ0v) is 11.4. The van der Waals surface area contributed by atoms with Gasteiger partial charge < -0.3 is 0 Å². The standard InChI is InChI=1S/C15H19NS/c1-3-17-15-6-4-5-14(11-15)16-13-9-7-12(2)8-10-13/h7-11H,3-6H2,1-2H3. The Kier molecular flexibility index (Phi) is 4.43. The topological polar surface area (TPSA) is 12.4 Å². The fraction of sp³-hybridized carbons (Fsp3) is 0.400. The van der Waals surface area contributed by atoms with Crippen LogP contribution in [-0.2, 0) is 0 Å². The largest absolute Gasteiger partial charge is 0.253 e. The van der Waals surface area contributed by atoms with Crippen LogP contribution in [0.15, 0.2) is 40.2 Å².